The summed E-state index contributed by atoms with van der Waals surface area (Å²) in [5, 5.41) is 0. The van der Waals surface area contributed by atoms with Crippen LogP contribution in [-0.2, 0) is 24.7 Å². The molecule has 3 rings (SSSR count). The largest absolute Gasteiger partial charge is 0.340 e. The number of carbonyl (C=O) groups excluding carboxylic acids is 1. The fourth-order valence-corrected chi connectivity index (χ4v) is 6.73. The van der Waals surface area contributed by atoms with Gasteiger partial charge in [0.1, 0.15) is 10.7 Å². The van der Waals surface area contributed by atoms with Crippen molar-refractivity contribution in [3.05, 3.63) is 30.1 Å². The summed E-state index contributed by atoms with van der Waals surface area (Å²) in [6.07, 6.45) is 0.662. The first-order chi connectivity index (χ1) is 12.2. The van der Waals surface area contributed by atoms with E-state index in [9.17, 15) is 26.0 Å². The van der Waals surface area contributed by atoms with Crippen molar-refractivity contribution >= 4 is 25.8 Å². The molecule has 2 aliphatic rings. The molecule has 144 valence electrons. The Labute approximate surface area is 152 Å². The van der Waals surface area contributed by atoms with Crippen molar-refractivity contribution in [1.29, 1.82) is 0 Å². The predicted molar refractivity (Wildman–Crippen MR) is 93.1 cm³/mol. The topological polar surface area (TPSA) is 91.8 Å². The zero-order valence-corrected chi connectivity index (χ0v) is 15.8. The third-order valence-corrected chi connectivity index (χ3v) is 8.60. The molecule has 2 aliphatic heterocycles. The minimum absolute atomic E-state index is 0.0420. The molecule has 2 fully saturated rings. The predicted octanol–water partition coefficient (Wildman–Crippen LogP) is 0.483. The Bertz CT molecular complexity index is 893. The molecule has 0 N–H and O–H groups in total. The molecule has 0 saturated carbocycles. The highest BCUT2D eigenvalue weighted by molar-refractivity contribution is 7.91. The van der Waals surface area contributed by atoms with Crippen molar-refractivity contribution < 1.29 is 26.0 Å². The number of benzene rings is 1. The van der Waals surface area contributed by atoms with Gasteiger partial charge in [0.05, 0.1) is 11.5 Å². The van der Waals surface area contributed by atoms with E-state index in [1.54, 1.807) is 4.90 Å². The fourth-order valence-electron chi connectivity index (χ4n) is 3.38. The molecule has 1 aromatic carbocycles. The van der Waals surface area contributed by atoms with E-state index in [4.69, 9.17) is 0 Å². The zero-order chi connectivity index (χ0) is 18.9. The minimum Gasteiger partial charge on any atom is -0.340 e. The average molecular weight is 404 g/mol. The van der Waals surface area contributed by atoms with Crippen molar-refractivity contribution in [2.75, 3.05) is 37.7 Å². The van der Waals surface area contributed by atoms with Gasteiger partial charge in [0.15, 0.2) is 9.84 Å². The van der Waals surface area contributed by atoms with Crippen LogP contribution in [0.25, 0.3) is 0 Å². The van der Waals surface area contributed by atoms with Gasteiger partial charge in [-0.25, -0.2) is 21.2 Å². The summed E-state index contributed by atoms with van der Waals surface area (Å²) in [7, 11) is -6.97. The van der Waals surface area contributed by atoms with E-state index in [1.807, 2.05) is 0 Å². The van der Waals surface area contributed by atoms with Crippen LogP contribution in [0, 0.1) is 11.7 Å². The van der Waals surface area contributed by atoms with Crippen LogP contribution in [-0.4, -0.2) is 69.6 Å². The van der Waals surface area contributed by atoms with Crippen molar-refractivity contribution in [3.8, 4) is 0 Å². The Kier molecular flexibility index (Phi) is 5.36. The first kappa shape index (κ1) is 19.2. The summed E-state index contributed by atoms with van der Waals surface area (Å²) < 4.78 is 63.1. The number of halogens is 1. The van der Waals surface area contributed by atoms with Crippen molar-refractivity contribution in [2.24, 2.45) is 5.92 Å². The lowest BCUT2D eigenvalue weighted by molar-refractivity contribution is -0.133. The maximum atomic E-state index is 13.8. The fraction of sp³-hybridized carbons (Fsp3) is 0.562. The van der Waals surface area contributed by atoms with Crippen LogP contribution in [0.3, 0.4) is 0 Å². The third kappa shape index (κ3) is 4.07. The van der Waals surface area contributed by atoms with Gasteiger partial charge in [-0.15, -0.1) is 0 Å². The van der Waals surface area contributed by atoms with Crippen LogP contribution in [0.2, 0.25) is 0 Å². The lowest BCUT2D eigenvalue weighted by atomic mass is 10.0. The number of amides is 1. The first-order valence-corrected chi connectivity index (χ1v) is 11.7. The number of hydrogen-bond donors (Lipinski definition) is 0. The summed E-state index contributed by atoms with van der Waals surface area (Å²) in [4.78, 5) is 13.5. The lowest BCUT2D eigenvalue weighted by Crippen LogP contribution is -2.50. The van der Waals surface area contributed by atoms with Crippen LogP contribution in [0.4, 0.5) is 4.39 Å². The quantitative estimate of drug-likeness (QED) is 0.728. The molecule has 0 bridgehead atoms. The molecule has 1 aromatic rings. The Morgan fingerprint density at radius 1 is 1.15 bits per heavy atom. The number of sulfone groups is 1. The Morgan fingerprint density at radius 2 is 1.81 bits per heavy atom. The highest BCUT2D eigenvalue weighted by Gasteiger charge is 2.34. The lowest BCUT2D eigenvalue weighted by Gasteiger charge is -2.34. The maximum Gasteiger partial charge on any atom is 0.246 e. The standard InChI is InChI=1S/C16H21FN2O5S2/c17-14-3-1-2-4-15(14)26(23,24)19-8-6-18(7-9-19)16(20)11-13-5-10-25(21,22)12-13/h1-4,13H,5-12H2/t13-/m1/s1. The number of piperazine rings is 1. The molecular formula is C16H21FN2O5S2. The molecule has 1 atom stereocenters. The Balaban J connectivity index is 1.59. The molecule has 2 heterocycles. The Morgan fingerprint density at radius 3 is 2.38 bits per heavy atom. The van der Waals surface area contributed by atoms with Crippen LogP contribution >= 0.6 is 0 Å². The third-order valence-electron chi connectivity index (χ3n) is 4.84. The van der Waals surface area contributed by atoms with Crippen molar-refractivity contribution in [1.82, 2.24) is 9.21 Å². The molecule has 2 saturated heterocycles. The van der Waals surface area contributed by atoms with Crippen LogP contribution < -0.4 is 0 Å². The van der Waals surface area contributed by atoms with E-state index in [-0.39, 0.29) is 60.8 Å². The monoisotopic (exact) mass is 404 g/mol. The molecule has 1 amide bonds. The molecular weight excluding hydrogens is 383 g/mol. The van der Waals surface area contributed by atoms with E-state index in [2.05, 4.69) is 0 Å². The van der Waals surface area contributed by atoms with E-state index >= 15 is 0 Å². The van der Waals surface area contributed by atoms with Crippen LogP contribution in [0.15, 0.2) is 29.2 Å². The van der Waals surface area contributed by atoms with Crippen LogP contribution in [0.1, 0.15) is 12.8 Å². The van der Waals surface area contributed by atoms with E-state index in [0.29, 0.717) is 6.42 Å². The van der Waals surface area contributed by atoms with Gasteiger partial charge < -0.3 is 4.90 Å². The minimum atomic E-state index is -3.94. The van der Waals surface area contributed by atoms with Crippen molar-refractivity contribution in [2.45, 2.75) is 17.7 Å². The highest BCUT2D eigenvalue weighted by Crippen LogP contribution is 2.24. The number of carbonyl (C=O) groups is 1. The van der Waals surface area contributed by atoms with E-state index in [0.717, 1.165) is 6.07 Å². The summed E-state index contributed by atoms with van der Waals surface area (Å²) in [6, 6.07) is 5.21. The molecule has 7 nitrogen and oxygen atoms in total. The summed E-state index contributed by atoms with van der Waals surface area (Å²) in [6.45, 7) is 0.606. The normalized spacial score (nSPS) is 23.9. The maximum absolute atomic E-state index is 13.8. The second kappa shape index (κ2) is 7.24. The molecule has 0 radical (unpaired) electrons. The average Bonchev–Trinajstić information content (AvgIpc) is 2.93. The van der Waals surface area contributed by atoms with E-state index < -0.39 is 25.7 Å². The van der Waals surface area contributed by atoms with Gasteiger partial charge in [-0.1, -0.05) is 12.1 Å². The molecule has 0 unspecified atom stereocenters. The first-order valence-electron chi connectivity index (χ1n) is 8.42. The van der Waals surface area contributed by atoms with E-state index in [1.165, 1.54) is 22.5 Å². The molecule has 10 heteroatoms. The summed E-state index contributed by atoms with van der Waals surface area (Å²) in [5.41, 5.74) is 0. The summed E-state index contributed by atoms with van der Waals surface area (Å²) >= 11 is 0. The smallest absolute Gasteiger partial charge is 0.246 e. The van der Waals surface area contributed by atoms with Gasteiger partial charge in [-0.05, 0) is 24.5 Å². The number of nitrogens with zero attached hydrogens (tertiary/aromatic N) is 2. The van der Waals surface area contributed by atoms with Gasteiger partial charge in [-0.3, -0.25) is 4.79 Å². The number of rotatable bonds is 4. The number of hydrogen-bond acceptors (Lipinski definition) is 5. The van der Waals surface area contributed by atoms with Gasteiger partial charge in [0.2, 0.25) is 15.9 Å². The number of sulfonamides is 1. The van der Waals surface area contributed by atoms with Gasteiger partial charge >= 0.3 is 0 Å². The Hall–Kier alpha value is -1.52. The second-order valence-corrected chi connectivity index (χ2v) is 10.8. The zero-order valence-electron chi connectivity index (χ0n) is 14.2. The second-order valence-electron chi connectivity index (χ2n) is 6.69. The highest BCUT2D eigenvalue weighted by atomic mass is 32.2. The molecule has 0 aliphatic carbocycles. The molecule has 26 heavy (non-hydrogen) atoms. The van der Waals surface area contributed by atoms with Gasteiger partial charge in [0.25, 0.3) is 0 Å². The van der Waals surface area contributed by atoms with Crippen molar-refractivity contribution in [3.63, 3.8) is 0 Å². The van der Waals surface area contributed by atoms with Crippen LogP contribution in [0.5, 0.6) is 0 Å². The SMILES string of the molecule is O=C(C[C@H]1CCS(=O)(=O)C1)N1CCN(S(=O)(=O)c2ccccc2F)CC1. The molecule has 0 spiro atoms. The summed E-state index contributed by atoms with van der Waals surface area (Å²) in [5.74, 6) is -0.948. The molecule has 0 aromatic heterocycles. The van der Waals surface area contributed by atoms with Gasteiger partial charge in [-0.2, -0.15) is 4.31 Å². The van der Waals surface area contributed by atoms with Gasteiger partial charge in [0, 0.05) is 32.6 Å².